The predicted molar refractivity (Wildman–Crippen MR) is 71.9 cm³/mol. The lowest BCUT2D eigenvalue weighted by Gasteiger charge is -2.00. The largest absolute Gasteiger partial charge is 0.463 e. The number of unbranched alkanes of at least 4 members (excludes halogenated alkanes) is 2. The molecule has 0 spiro atoms. The number of esters is 1. The topological polar surface area (TPSA) is 46.5 Å². The molecule has 0 unspecified atom stereocenters. The van der Waals surface area contributed by atoms with E-state index in [-0.39, 0.29) is 12.6 Å². The van der Waals surface area contributed by atoms with Crippen LogP contribution in [0.2, 0.25) is 0 Å². The van der Waals surface area contributed by atoms with Crippen LogP contribution in [0.5, 0.6) is 0 Å². The van der Waals surface area contributed by atoms with E-state index in [4.69, 9.17) is 9.84 Å². The van der Waals surface area contributed by atoms with Gasteiger partial charge in [-0.1, -0.05) is 44.0 Å². The summed E-state index contributed by atoms with van der Waals surface area (Å²) in [6, 6.07) is 7.36. The van der Waals surface area contributed by atoms with Gasteiger partial charge in [-0.2, -0.15) is 0 Å². The van der Waals surface area contributed by atoms with Gasteiger partial charge in [-0.05, 0) is 23.6 Å². The van der Waals surface area contributed by atoms with E-state index in [1.807, 2.05) is 24.3 Å². The summed E-state index contributed by atoms with van der Waals surface area (Å²) in [5.74, 6) is -0.308. The monoisotopic (exact) mass is 248 g/mol. The van der Waals surface area contributed by atoms with E-state index >= 15 is 0 Å². The van der Waals surface area contributed by atoms with E-state index in [0.29, 0.717) is 6.61 Å². The number of benzene rings is 1. The third-order valence-electron chi connectivity index (χ3n) is 2.57. The first kappa shape index (κ1) is 14.5. The van der Waals surface area contributed by atoms with Gasteiger partial charge in [0.25, 0.3) is 0 Å². The maximum Gasteiger partial charge on any atom is 0.330 e. The summed E-state index contributed by atoms with van der Waals surface area (Å²) in [5, 5.41) is 8.90. The normalized spacial score (nSPS) is 10.8. The highest BCUT2D eigenvalue weighted by molar-refractivity contribution is 5.87. The Kier molecular flexibility index (Phi) is 6.81. The van der Waals surface area contributed by atoms with Gasteiger partial charge in [-0.3, -0.25) is 0 Å². The smallest absolute Gasteiger partial charge is 0.330 e. The summed E-state index contributed by atoms with van der Waals surface area (Å²) in [6.45, 7) is 2.63. The van der Waals surface area contributed by atoms with Crippen LogP contribution in [0, 0.1) is 0 Å². The van der Waals surface area contributed by atoms with Gasteiger partial charge in [0.2, 0.25) is 0 Å². The van der Waals surface area contributed by atoms with E-state index < -0.39 is 0 Å². The van der Waals surface area contributed by atoms with Crippen molar-refractivity contribution in [1.82, 2.24) is 0 Å². The Morgan fingerprint density at radius 3 is 2.61 bits per heavy atom. The SMILES string of the molecule is CCCCCOC(=O)C=Cc1ccc(CO)cc1. The van der Waals surface area contributed by atoms with Crippen molar-refractivity contribution in [3.8, 4) is 0 Å². The lowest BCUT2D eigenvalue weighted by molar-refractivity contribution is -0.137. The molecule has 0 atom stereocenters. The average molecular weight is 248 g/mol. The van der Waals surface area contributed by atoms with Gasteiger partial charge in [0.1, 0.15) is 0 Å². The van der Waals surface area contributed by atoms with Gasteiger partial charge < -0.3 is 9.84 Å². The molecule has 0 fully saturated rings. The molecule has 1 aromatic carbocycles. The molecule has 0 radical (unpaired) electrons. The molecule has 0 aromatic heterocycles. The van der Waals surface area contributed by atoms with Crippen LogP contribution in [0.25, 0.3) is 6.08 Å². The second-order valence-corrected chi connectivity index (χ2v) is 4.11. The Morgan fingerprint density at radius 2 is 2.00 bits per heavy atom. The minimum atomic E-state index is -0.308. The molecule has 1 aromatic rings. The van der Waals surface area contributed by atoms with Gasteiger partial charge in [0, 0.05) is 6.08 Å². The van der Waals surface area contributed by atoms with Crippen LogP contribution in [-0.2, 0) is 16.1 Å². The number of rotatable bonds is 7. The first-order valence-corrected chi connectivity index (χ1v) is 6.31. The summed E-state index contributed by atoms with van der Waals surface area (Å²) >= 11 is 0. The molecule has 1 N–H and O–H groups in total. The number of hydrogen-bond donors (Lipinski definition) is 1. The fourth-order valence-electron chi connectivity index (χ4n) is 1.47. The Labute approximate surface area is 108 Å². The number of aliphatic hydroxyl groups excluding tert-OH is 1. The highest BCUT2D eigenvalue weighted by Crippen LogP contribution is 2.06. The fraction of sp³-hybridized carbons (Fsp3) is 0.400. The van der Waals surface area contributed by atoms with Crippen LogP contribution < -0.4 is 0 Å². The van der Waals surface area contributed by atoms with Crippen LogP contribution in [-0.4, -0.2) is 17.7 Å². The molecule has 3 heteroatoms. The third kappa shape index (κ3) is 5.64. The second kappa shape index (κ2) is 8.48. The first-order chi connectivity index (χ1) is 8.76. The molecule has 0 saturated carbocycles. The molecular weight excluding hydrogens is 228 g/mol. The molecular formula is C15H20O3. The Morgan fingerprint density at radius 1 is 1.28 bits per heavy atom. The number of aliphatic hydroxyl groups is 1. The Bertz CT molecular complexity index is 379. The molecule has 0 aliphatic carbocycles. The summed E-state index contributed by atoms with van der Waals surface area (Å²) in [5.41, 5.74) is 1.77. The van der Waals surface area contributed by atoms with Gasteiger partial charge in [-0.15, -0.1) is 0 Å². The van der Waals surface area contributed by atoms with E-state index in [0.717, 1.165) is 30.4 Å². The Hall–Kier alpha value is -1.61. The first-order valence-electron chi connectivity index (χ1n) is 6.31. The summed E-state index contributed by atoms with van der Waals surface area (Å²) in [4.78, 5) is 11.4. The molecule has 0 heterocycles. The quantitative estimate of drug-likeness (QED) is 0.458. The van der Waals surface area contributed by atoms with E-state index in [1.54, 1.807) is 6.08 Å². The van der Waals surface area contributed by atoms with Crippen molar-refractivity contribution in [2.75, 3.05) is 6.61 Å². The lowest BCUT2D eigenvalue weighted by Crippen LogP contribution is -2.01. The lowest BCUT2D eigenvalue weighted by atomic mass is 10.1. The zero-order chi connectivity index (χ0) is 13.2. The molecule has 0 amide bonds. The highest BCUT2D eigenvalue weighted by Gasteiger charge is 1.96. The number of ether oxygens (including phenoxy) is 1. The maximum atomic E-state index is 11.4. The van der Waals surface area contributed by atoms with Crippen LogP contribution in [0.4, 0.5) is 0 Å². The summed E-state index contributed by atoms with van der Waals surface area (Å²) in [7, 11) is 0. The highest BCUT2D eigenvalue weighted by atomic mass is 16.5. The van der Waals surface area contributed by atoms with Crippen molar-refractivity contribution in [2.24, 2.45) is 0 Å². The molecule has 18 heavy (non-hydrogen) atoms. The maximum absolute atomic E-state index is 11.4. The van der Waals surface area contributed by atoms with Crippen molar-refractivity contribution in [3.63, 3.8) is 0 Å². The fourth-order valence-corrected chi connectivity index (χ4v) is 1.47. The number of carbonyl (C=O) groups is 1. The van der Waals surface area contributed by atoms with Gasteiger partial charge in [-0.25, -0.2) is 4.79 Å². The van der Waals surface area contributed by atoms with Crippen molar-refractivity contribution < 1.29 is 14.6 Å². The van der Waals surface area contributed by atoms with E-state index in [9.17, 15) is 4.79 Å². The van der Waals surface area contributed by atoms with Crippen LogP contribution >= 0.6 is 0 Å². The Balaban J connectivity index is 2.35. The van der Waals surface area contributed by atoms with Gasteiger partial charge in [0.15, 0.2) is 0 Å². The molecule has 3 nitrogen and oxygen atoms in total. The molecule has 0 saturated heterocycles. The van der Waals surface area contributed by atoms with Crippen LogP contribution in [0.3, 0.4) is 0 Å². The standard InChI is InChI=1S/C15H20O3/c1-2-3-4-11-18-15(17)10-9-13-5-7-14(12-16)8-6-13/h5-10,16H,2-4,11-12H2,1H3. The van der Waals surface area contributed by atoms with Crippen LogP contribution in [0.1, 0.15) is 37.3 Å². The van der Waals surface area contributed by atoms with Gasteiger partial charge in [0.05, 0.1) is 13.2 Å². The molecule has 98 valence electrons. The van der Waals surface area contributed by atoms with Crippen molar-refractivity contribution in [3.05, 3.63) is 41.5 Å². The molecule has 0 bridgehead atoms. The summed E-state index contributed by atoms with van der Waals surface area (Å²) in [6.07, 6.45) is 6.26. The summed E-state index contributed by atoms with van der Waals surface area (Å²) < 4.78 is 5.04. The molecule has 0 aliphatic heterocycles. The molecule has 0 aliphatic rings. The minimum absolute atomic E-state index is 0.0312. The van der Waals surface area contributed by atoms with Crippen molar-refractivity contribution in [1.29, 1.82) is 0 Å². The van der Waals surface area contributed by atoms with Crippen molar-refractivity contribution in [2.45, 2.75) is 32.8 Å². The third-order valence-corrected chi connectivity index (χ3v) is 2.57. The zero-order valence-corrected chi connectivity index (χ0v) is 10.8. The van der Waals surface area contributed by atoms with Crippen LogP contribution in [0.15, 0.2) is 30.3 Å². The minimum Gasteiger partial charge on any atom is -0.463 e. The van der Waals surface area contributed by atoms with E-state index in [1.165, 1.54) is 6.08 Å². The second-order valence-electron chi connectivity index (χ2n) is 4.11. The average Bonchev–Trinajstić information content (AvgIpc) is 2.42. The predicted octanol–water partition coefficient (Wildman–Crippen LogP) is 2.93. The van der Waals surface area contributed by atoms with Gasteiger partial charge >= 0.3 is 5.97 Å². The number of carbonyl (C=O) groups excluding carboxylic acids is 1. The molecule has 1 rings (SSSR count). The van der Waals surface area contributed by atoms with E-state index in [2.05, 4.69) is 6.92 Å². The number of hydrogen-bond acceptors (Lipinski definition) is 3. The van der Waals surface area contributed by atoms with Crippen molar-refractivity contribution >= 4 is 12.0 Å². The zero-order valence-electron chi connectivity index (χ0n) is 10.8.